The standard InChI is InChI=1S/C15H28N2O3/c1-4-13-10-20-11(3)8-17(13)9-14(15(18)19-5-2)16-12-6-7-12/h11-14,16H,4-10H2,1-3H3. The number of morpholine rings is 1. The monoisotopic (exact) mass is 284 g/mol. The van der Waals surface area contributed by atoms with Gasteiger partial charge in [-0.3, -0.25) is 9.69 Å². The van der Waals surface area contributed by atoms with Gasteiger partial charge in [0.15, 0.2) is 0 Å². The van der Waals surface area contributed by atoms with E-state index < -0.39 is 0 Å². The van der Waals surface area contributed by atoms with E-state index in [2.05, 4.69) is 24.1 Å². The van der Waals surface area contributed by atoms with E-state index in [4.69, 9.17) is 9.47 Å². The van der Waals surface area contributed by atoms with E-state index in [9.17, 15) is 4.79 Å². The van der Waals surface area contributed by atoms with Gasteiger partial charge in [0, 0.05) is 25.2 Å². The van der Waals surface area contributed by atoms with Crippen LogP contribution in [-0.4, -0.2) is 61.4 Å². The maximum Gasteiger partial charge on any atom is 0.324 e. The lowest BCUT2D eigenvalue weighted by atomic mass is 10.1. The molecule has 2 aliphatic rings. The van der Waals surface area contributed by atoms with Crippen LogP contribution in [0.5, 0.6) is 0 Å². The Morgan fingerprint density at radius 1 is 1.45 bits per heavy atom. The van der Waals surface area contributed by atoms with E-state index in [1.165, 1.54) is 12.8 Å². The topological polar surface area (TPSA) is 50.8 Å². The van der Waals surface area contributed by atoms with Crippen LogP contribution in [0.3, 0.4) is 0 Å². The van der Waals surface area contributed by atoms with E-state index >= 15 is 0 Å². The first-order chi connectivity index (χ1) is 9.63. The number of rotatable bonds is 7. The molecule has 0 amide bonds. The Labute approximate surface area is 122 Å². The molecule has 5 heteroatoms. The fourth-order valence-corrected chi connectivity index (χ4v) is 2.72. The van der Waals surface area contributed by atoms with Gasteiger partial charge < -0.3 is 14.8 Å². The molecule has 0 radical (unpaired) electrons. The second-order valence-electron chi connectivity index (χ2n) is 5.91. The number of carbonyl (C=O) groups is 1. The molecule has 0 spiro atoms. The molecule has 1 saturated heterocycles. The van der Waals surface area contributed by atoms with Crippen molar-refractivity contribution in [2.24, 2.45) is 0 Å². The molecule has 0 aromatic heterocycles. The third kappa shape index (κ3) is 4.43. The minimum atomic E-state index is -0.207. The summed E-state index contributed by atoms with van der Waals surface area (Å²) in [6.07, 6.45) is 3.63. The van der Waals surface area contributed by atoms with Gasteiger partial charge in [0.25, 0.3) is 0 Å². The molecule has 2 rings (SSSR count). The van der Waals surface area contributed by atoms with Crippen LogP contribution in [0.2, 0.25) is 0 Å². The highest BCUT2D eigenvalue weighted by molar-refractivity contribution is 5.76. The van der Waals surface area contributed by atoms with E-state index in [1.54, 1.807) is 0 Å². The molecule has 116 valence electrons. The number of nitrogens with one attached hydrogen (secondary N) is 1. The predicted molar refractivity (Wildman–Crippen MR) is 77.6 cm³/mol. The average molecular weight is 284 g/mol. The first kappa shape index (κ1) is 15.7. The van der Waals surface area contributed by atoms with Gasteiger partial charge in [-0.25, -0.2) is 0 Å². The summed E-state index contributed by atoms with van der Waals surface area (Å²) in [7, 11) is 0. The Morgan fingerprint density at radius 3 is 2.80 bits per heavy atom. The third-order valence-corrected chi connectivity index (χ3v) is 4.05. The summed E-state index contributed by atoms with van der Waals surface area (Å²) in [6, 6.07) is 0.703. The molecule has 3 atom stereocenters. The number of carbonyl (C=O) groups excluding carboxylic acids is 1. The average Bonchev–Trinajstić information content (AvgIpc) is 3.22. The van der Waals surface area contributed by atoms with Crippen molar-refractivity contribution >= 4 is 5.97 Å². The minimum absolute atomic E-state index is 0.117. The summed E-state index contributed by atoms with van der Waals surface area (Å²) in [5, 5.41) is 3.43. The minimum Gasteiger partial charge on any atom is -0.465 e. The molecule has 0 aromatic carbocycles. The number of hydrogen-bond acceptors (Lipinski definition) is 5. The summed E-state index contributed by atoms with van der Waals surface area (Å²) >= 11 is 0. The van der Waals surface area contributed by atoms with Gasteiger partial charge in [-0.15, -0.1) is 0 Å². The SMILES string of the molecule is CCOC(=O)C(CN1CC(C)OCC1CC)NC1CC1. The molecule has 1 N–H and O–H groups in total. The van der Waals surface area contributed by atoms with Gasteiger partial charge in [0.1, 0.15) is 6.04 Å². The van der Waals surface area contributed by atoms with Crippen molar-refractivity contribution in [3.05, 3.63) is 0 Å². The van der Waals surface area contributed by atoms with Crippen molar-refractivity contribution in [3.8, 4) is 0 Å². The lowest BCUT2D eigenvalue weighted by molar-refractivity contribution is -0.147. The zero-order valence-electron chi connectivity index (χ0n) is 12.9. The highest BCUT2D eigenvalue weighted by atomic mass is 16.5. The van der Waals surface area contributed by atoms with Crippen LogP contribution >= 0.6 is 0 Å². The molecule has 1 aliphatic heterocycles. The van der Waals surface area contributed by atoms with Crippen molar-refractivity contribution in [1.29, 1.82) is 0 Å². The molecular weight excluding hydrogens is 256 g/mol. The van der Waals surface area contributed by atoms with Gasteiger partial charge in [-0.2, -0.15) is 0 Å². The second-order valence-corrected chi connectivity index (χ2v) is 5.91. The van der Waals surface area contributed by atoms with Crippen molar-refractivity contribution in [3.63, 3.8) is 0 Å². The van der Waals surface area contributed by atoms with Gasteiger partial charge >= 0.3 is 5.97 Å². The maximum atomic E-state index is 12.1. The fourth-order valence-electron chi connectivity index (χ4n) is 2.72. The van der Waals surface area contributed by atoms with Crippen molar-refractivity contribution in [1.82, 2.24) is 10.2 Å². The Balaban J connectivity index is 1.94. The van der Waals surface area contributed by atoms with Crippen LogP contribution in [0.4, 0.5) is 0 Å². The molecule has 1 saturated carbocycles. The summed E-state index contributed by atoms with van der Waals surface area (Å²) in [4.78, 5) is 14.5. The largest absolute Gasteiger partial charge is 0.465 e. The number of hydrogen-bond donors (Lipinski definition) is 1. The highest BCUT2D eigenvalue weighted by Gasteiger charge is 2.34. The van der Waals surface area contributed by atoms with Crippen LogP contribution in [0.15, 0.2) is 0 Å². The lowest BCUT2D eigenvalue weighted by Gasteiger charge is -2.39. The van der Waals surface area contributed by atoms with Crippen LogP contribution in [0, 0.1) is 0 Å². The molecule has 3 unspecified atom stereocenters. The molecule has 2 fully saturated rings. The molecule has 1 aliphatic carbocycles. The third-order valence-electron chi connectivity index (χ3n) is 4.05. The summed E-state index contributed by atoms with van der Waals surface area (Å²) < 4.78 is 10.9. The van der Waals surface area contributed by atoms with Crippen LogP contribution in [0.1, 0.15) is 40.0 Å². The van der Waals surface area contributed by atoms with Crippen molar-refractivity contribution < 1.29 is 14.3 Å². The quantitative estimate of drug-likeness (QED) is 0.711. The van der Waals surface area contributed by atoms with Crippen LogP contribution < -0.4 is 5.32 Å². The molecule has 20 heavy (non-hydrogen) atoms. The lowest BCUT2D eigenvalue weighted by Crippen LogP contribution is -2.55. The predicted octanol–water partition coefficient (Wildman–Crippen LogP) is 1.17. The zero-order valence-corrected chi connectivity index (χ0v) is 12.9. The normalized spacial score (nSPS) is 29.1. The highest BCUT2D eigenvalue weighted by Crippen LogP contribution is 2.21. The van der Waals surface area contributed by atoms with E-state index in [0.717, 1.165) is 26.1 Å². The fraction of sp³-hybridized carbons (Fsp3) is 0.933. The van der Waals surface area contributed by atoms with Gasteiger partial charge in [0.2, 0.25) is 0 Å². The first-order valence-electron chi connectivity index (χ1n) is 7.92. The number of nitrogens with zero attached hydrogens (tertiary/aromatic N) is 1. The molecule has 1 heterocycles. The van der Waals surface area contributed by atoms with Gasteiger partial charge in [0.05, 0.1) is 19.3 Å². The van der Waals surface area contributed by atoms with E-state index in [1.807, 2.05) is 6.92 Å². The van der Waals surface area contributed by atoms with Crippen LogP contribution in [-0.2, 0) is 14.3 Å². The molecule has 5 nitrogen and oxygen atoms in total. The Bertz CT molecular complexity index is 320. The Kier molecular flexibility index (Phi) is 5.81. The van der Waals surface area contributed by atoms with Crippen molar-refractivity contribution in [2.75, 3.05) is 26.3 Å². The van der Waals surface area contributed by atoms with Gasteiger partial charge in [-0.1, -0.05) is 6.92 Å². The Hall–Kier alpha value is -0.650. The molecule has 0 aromatic rings. The smallest absolute Gasteiger partial charge is 0.324 e. The number of ether oxygens (including phenoxy) is 2. The van der Waals surface area contributed by atoms with Gasteiger partial charge in [-0.05, 0) is 33.1 Å². The molecular formula is C15H28N2O3. The van der Waals surface area contributed by atoms with E-state index in [-0.39, 0.29) is 18.1 Å². The summed E-state index contributed by atoms with van der Waals surface area (Å²) in [5.74, 6) is -0.117. The summed E-state index contributed by atoms with van der Waals surface area (Å²) in [5.41, 5.74) is 0. The van der Waals surface area contributed by atoms with Crippen molar-refractivity contribution in [2.45, 2.75) is 64.3 Å². The second kappa shape index (κ2) is 7.38. The van der Waals surface area contributed by atoms with Crippen LogP contribution in [0.25, 0.3) is 0 Å². The van der Waals surface area contributed by atoms with E-state index in [0.29, 0.717) is 18.7 Å². The number of esters is 1. The maximum absolute atomic E-state index is 12.1. The first-order valence-corrected chi connectivity index (χ1v) is 7.92. The molecule has 0 bridgehead atoms. The summed E-state index contributed by atoms with van der Waals surface area (Å²) in [6.45, 7) is 8.94. The Morgan fingerprint density at radius 2 is 2.20 bits per heavy atom. The zero-order chi connectivity index (χ0) is 14.5.